The molecule has 0 aliphatic carbocycles. The van der Waals surface area contributed by atoms with Crippen molar-refractivity contribution >= 4 is 97.5 Å². The van der Waals surface area contributed by atoms with E-state index in [0.29, 0.717) is 17.5 Å². The lowest BCUT2D eigenvalue weighted by Crippen LogP contribution is -2.02. The first kappa shape index (κ1) is 38.6. The van der Waals surface area contributed by atoms with Gasteiger partial charge in [0.05, 0.1) is 33.4 Å². The summed E-state index contributed by atoms with van der Waals surface area (Å²) in [5.74, 6) is 1.89. The summed E-state index contributed by atoms with van der Waals surface area (Å²) in [6.45, 7) is 0. The second kappa shape index (κ2) is 15.0. The van der Waals surface area contributed by atoms with Crippen molar-refractivity contribution in [3.8, 4) is 45.5 Å². The zero-order valence-corrected chi connectivity index (χ0v) is 37.8. The largest absolute Gasteiger partial charge is 0.309 e. The molecule has 12 aromatic carbocycles. The Hall–Kier alpha value is -9.45. The van der Waals surface area contributed by atoms with Crippen LogP contribution in [0.25, 0.3) is 143 Å². The SMILES string of the molecule is c1ccc(-c2nc(-c3cccc4c(-n5c6ccccc6c6c(-n7c8ccccc8c8c9ccccc9ccc87)c7ccccc7cc65)cccc34)nc(-c3cc4ccccc4c4ccccc34)n2)cc1. The van der Waals surface area contributed by atoms with Gasteiger partial charge in [-0.1, -0.05) is 200 Å². The van der Waals surface area contributed by atoms with Crippen LogP contribution in [0.1, 0.15) is 0 Å². The van der Waals surface area contributed by atoms with E-state index in [9.17, 15) is 0 Å². The van der Waals surface area contributed by atoms with E-state index in [2.05, 4.69) is 228 Å². The van der Waals surface area contributed by atoms with Crippen LogP contribution in [0.15, 0.2) is 237 Å². The van der Waals surface area contributed by atoms with E-state index in [1.807, 2.05) is 18.2 Å². The van der Waals surface area contributed by atoms with Gasteiger partial charge in [0.1, 0.15) is 0 Å². The number of nitrogens with zero attached hydrogens (tertiary/aromatic N) is 5. The van der Waals surface area contributed by atoms with Gasteiger partial charge in [0.2, 0.25) is 0 Å². The van der Waals surface area contributed by atoms with Crippen LogP contribution in [-0.2, 0) is 0 Å². The van der Waals surface area contributed by atoms with E-state index in [4.69, 9.17) is 15.0 Å². The average molecular weight is 890 g/mol. The molecule has 0 atom stereocenters. The molecule has 70 heavy (non-hydrogen) atoms. The van der Waals surface area contributed by atoms with Crippen molar-refractivity contribution in [2.75, 3.05) is 0 Å². The molecule has 0 radical (unpaired) electrons. The monoisotopic (exact) mass is 889 g/mol. The van der Waals surface area contributed by atoms with Crippen molar-refractivity contribution in [1.82, 2.24) is 24.1 Å². The molecule has 0 amide bonds. The summed E-state index contributed by atoms with van der Waals surface area (Å²) in [4.78, 5) is 15.9. The number of para-hydroxylation sites is 2. The summed E-state index contributed by atoms with van der Waals surface area (Å²) >= 11 is 0. The van der Waals surface area contributed by atoms with E-state index in [-0.39, 0.29) is 0 Å². The summed E-state index contributed by atoms with van der Waals surface area (Å²) in [7, 11) is 0. The molecule has 3 aromatic heterocycles. The number of hydrogen-bond acceptors (Lipinski definition) is 3. The number of benzene rings is 12. The molecule has 0 bridgehead atoms. The highest BCUT2D eigenvalue weighted by Gasteiger charge is 2.25. The second-order valence-corrected chi connectivity index (χ2v) is 18.3. The fourth-order valence-electron chi connectivity index (χ4n) is 11.5. The lowest BCUT2D eigenvalue weighted by Gasteiger charge is -2.17. The van der Waals surface area contributed by atoms with Crippen LogP contribution in [0.2, 0.25) is 0 Å². The molecule has 0 fully saturated rings. The molecule has 0 saturated carbocycles. The van der Waals surface area contributed by atoms with Crippen LogP contribution < -0.4 is 0 Å². The van der Waals surface area contributed by atoms with Crippen LogP contribution >= 0.6 is 0 Å². The van der Waals surface area contributed by atoms with Gasteiger partial charge >= 0.3 is 0 Å². The molecular weight excluding hydrogens is 851 g/mol. The van der Waals surface area contributed by atoms with Gasteiger partial charge in [0.15, 0.2) is 17.5 Å². The highest BCUT2D eigenvalue weighted by Crippen LogP contribution is 2.46. The van der Waals surface area contributed by atoms with Crippen molar-refractivity contribution in [3.05, 3.63) is 237 Å². The number of fused-ring (bicyclic) bond motifs is 13. The minimum Gasteiger partial charge on any atom is -0.309 e. The molecule has 0 aliphatic rings. The van der Waals surface area contributed by atoms with Gasteiger partial charge in [0.25, 0.3) is 0 Å². The molecule has 0 aliphatic heterocycles. The maximum absolute atomic E-state index is 5.41. The summed E-state index contributed by atoms with van der Waals surface area (Å²) in [5, 5.41) is 16.5. The minimum absolute atomic E-state index is 0.623. The molecule has 15 rings (SSSR count). The zero-order chi connectivity index (χ0) is 45.9. The molecule has 0 saturated heterocycles. The first-order chi connectivity index (χ1) is 34.7. The zero-order valence-electron chi connectivity index (χ0n) is 37.8. The van der Waals surface area contributed by atoms with E-state index < -0.39 is 0 Å². The molecule has 0 spiro atoms. The van der Waals surface area contributed by atoms with Crippen molar-refractivity contribution < 1.29 is 0 Å². The lowest BCUT2D eigenvalue weighted by atomic mass is 9.96. The summed E-state index contributed by atoms with van der Waals surface area (Å²) in [6, 6.07) is 85.2. The normalized spacial score (nSPS) is 12.0. The van der Waals surface area contributed by atoms with Crippen LogP contribution in [0.4, 0.5) is 0 Å². The number of aromatic nitrogens is 5. The number of rotatable bonds is 5. The van der Waals surface area contributed by atoms with Gasteiger partial charge in [-0.3, -0.25) is 0 Å². The van der Waals surface area contributed by atoms with Gasteiger partial charge < -0.3 is 9.13 Å². The highest BCUT2D eigenvalue weighted by atomic mass is 15.0. The molecule has 324 valence electrons. The van der Waals surface area contributed by atoms with E-state index in [0.717, 1.165) is 55.0 Å². The Morgan fingerprint density at radius 2 is 0.786 bits per heavy atom. The van der Waals surface area contributed by atoms with Crippen molar-refractivity contribution in [1.29, 1.82) is 0 Å². The molecule has 0 unspecified atom stereocenters. The van der Waals surface area contributed by atoms with Gasteiger partial charge in [-0.05, 0) is 79.5 Å². The first-order valence-electron chi connectivity index (χ1n) is 23.9. The van der Waals surface area contributed by atoms with Crippen molar-refractivity contribution in [2.45, 2.75) is 0 Å². The molecule has 5 nitrogen and oxygen atoms in total. The lowest BCUT2D eigenvalue weighted by molar-refractivity contribution is 1.08. The number of hydrogen-bond donors (Lipinski definition) is 0. The Balaban J connectivity index is 1.01. The third-order valence-electron chi connectivity index (χ3n) is 14.5. The van der Waals surface area contributed by atoms with Gasteiger partial charge in [-0.25, -0.2) is 15.0 Å². The Kier molecular flexibility index (Phi) is 8.29. The fraction of sp³-hybridized carbons (Fsp3) is 0. The third-order valence-corrected chi connectivity index (χ3v) is 14.5. The Morgan fingerprint density at radius 3 is 1.57 bits per heavy atom. The maximum atomic E-state index is 5.41. The van der Waals surface area contributed by atoms with Gasteiger partial charge in [0, 0.05) is 49.0 Å². The molecular formula is C65H39N5. The Morgan fingerprint density at radius 1 is 0.257 bits per heavy atom. The molecule has 5 heteroatoms. The smallest absolute Gasteiger partial charge is 0.164 e. The van der Waals surface area contributed by atoms with E-state index >= 15 is 0 Å². The van der Waals surface area contributed by atoms with Crippen LogP contribution in [0, 0.1) is 0 Å². The van der Waals surface area contributed by atoms with E-state index in [1.165, 1.54) is 70.6 Å². The Labute approximate surface area is 401 Å². The van der Waals surface area contributed by atoms with Gasteiger partial charge in [-0.2, -0.15) is 0 Å². The van der Waals surface area contributed by atoms with Gasteiger partial charge in [-0.15, -0.1) is 0 Å². The predicted octanol–water partition coefficient (Wildman–Crippen LogP) is 16.8. The average Bonchev–Trinajstić information content (AvgIpc) is 3.95. The van der Waals surface area contributed by atoms with Crippen molar-refractivity contribution in [3.63, 3.8) is 0 Å². The second-order valence-electron chi connectivity index (χ2n) is 18.3. The molecule has 3 heterocycles. The minimum atomic E-state index is 0.623. The van der Waals surface area contributed by atoms with Crippen LogP contribution in [-0.4, -0.2) is 24.1 Å². The topological polar surface area (TPSA) is 48.5 Å². The first-order valence-corrected chi connectivity index (χ1v) is 23.9. The molecule has 15 aromatic rings. The summed E-state index contributed by atoms with van der Waals surface area (Å²) < 4.78 is 5.01. The summed E-state index contributed by atoms with van der Waals surface area (Å²) in [6.07, 6.45) is 0. The van der Waals surface area contributed by atoms with Crippen molar-refractivity contribution in [2.24, 2.45) is 0 Å². The predicted molar refractivity (Wildman–Crippen MR) is 292 cm³/mol. The standard InChI is InChI=1S/C65H39N5/c1-2-19-41(20-3-1)63-66-64(68-65(67-63)54-38-42-21-5-7-23-44(42)47-26-10-11-27-48(47)54)51-32-16-31-50-49(51)30-17-35-55(50)69-56-33-14-13-29-53(56)61-59(69)39-43-22-6-9-25-46(43)62(61)70-57-34-15-12-28-52(57)60-45-24-8-4-18-40(45)36-37-58(60)70/h1-39H. The third kappa shape index (κ3) is 5.63. The Bertz CT molecular complexity index is 4660. The maximum Gasteiger partial charge on any atom is 0.164 e. The van der Waals surface area contributed by atoms with Crippen LogP contribution in [0.5, 0.6) is 0 Å². The van der Waals surface area contributed by atoms with E-state index in [1.54, 1.807) is 0 Å². The highest BCUT2D eigenvalue weighted by molar-refractivity contribution is 6.26. The fourth-order valence-corrected chi connectivity index (χ4v) is 11.5. The van der Waals surface area contributed by atoms with Crippen LogP contribution in [0.3, 0.4) is 0 Å². The molecule has 0 N–H and O–H groups in total. The quantitative estimate of drug-likeness (QED) is 0.162. The summed E-state index contributed by atoms with van der Waals surface area (Å²) in [5.41, 5.74) is 9.75.